The van der Waals surface area contributed by atoms with E-state index in [2.05, 4.69) is 17.6 Å². The number of thiophene rings is 1. The minimum absolute atomic E-state index is 0.149. The van der Waals surface area contributed by atoms with Crippen LogP contribution < -0.4 is 10.6 Å². The van der Waals surface area contributed by atoms with Gasteiger partial charge in [-0.2, -0.15) is 0 Å². The summed E-state index contributed by atoms with van der Waals surface area (Å²) >= 11 is 1.60. The molecule has 0 aliphatic heterocycles. The van der Waals surface area contributed by atoms with Gasteiger partial charge in [-0.05, 0) is 43.1 Å². The Morgan fingerprint density at radius 3 is 2.72 bits per heavy atom. The summed E-state index contributed by atoms with van der Waals surface area (Å²) in [5.41, 5.74) is 1.75. The van der Waals surface area contributed by atoms with Crippen molar-refractivity contribution in [1.29, 1.82) is 0 Å². The topological polar surface area (TPSA) is 95.5 Å². The Labute approximate surface area is 152 Å². The van der Waals surface area contributed by atoms with E-state index in [1.165, 1.54) is 4.88 Å². The van der Waals surface area contributed by atoms with E-state index in [1.807, 2.05) is 19.2 Å². The van der Waals surface area contributed by atoms with Crippen molar-refractivity contribution in [1.82, 2.24) is 10.6 Å². The van der Waals surface area contributed by atoms with Crippen molar-refractivity contribution >= 4 is 29.1 Å². The van der Waals surface area contributed by atoms with Crippen molar-refractivity contribution in [2.45, 2.75) is 52.5 Å². The first-order chi connectivity index (χ1) is 11.8. The normalized spacial score (nSPS) is 17.7. The molecule has 0 saturated carbocycles. The van der Waals surface area contributed by atoms with Gasteiger partial charge in [0.2, 0.25) is 5.91 Å². The van der Waals surface area contributed by atoms with E-state index in [1.54, 1.807) is 11.3 Å². The Kier molecular flexibility index (Phi) is 6.58. The van der Waals surface area contributed by atoms with E-state index in [9.17, 15) is 14.4 Å². The molecule has 1 aliphatic rings. The highest BCUT2D eigenvalue weighted by atomic mass is 32.1. The zero-order valence-electron chi connectivity index (χ0n) is 14.9. The van der Waals surface area contributed by atoms with Crippen LogP contribution in [0.1, 0.15) is 54.4 Å². The molecule has 6 nitrogen and oxygen atoms in total. The van der Waals surface area contributed by atoms with Gasteiger partial charge in [-0.1, -0.05) is 20.8 Å². The Bertz CT molecular complexity index is 654. The van der Waals surface area contributed by atoms with Crippen LogP contribution in [0.15, 0.2) is 5.38 Å². The minimum atomic E-state index is -1.06. The lowest BCUT2D eigenvalue weighted by atomic mass is 9.88. The molecule has 25 heavy (non-hydrogen) atoms. The highest BCUT2D eigenvalue weighted by Gasteiger charge is 2.24. The van der Waals surface area contributed by atoms with Crippen LogP contribution in [0.3, 0.4) is 0 Å². The number of hydrogen-bond donors (Lipinski definition) is 3. The number of carbonyl (C=O) groups excluding carboxylic acids is 2. The van der Waals surface area contributed by atoms with Crippen LogP contribution in [-0.2, 0) is 22.4 Å². The number of carbonyl (C=O) groups is 3. The first-order valence-electron chi connectivity index (χ1n) is 8.67. The first-order valence-corrected chi connectivity index (χ1v) is 9.55. The molecule has 1 unspecified atom stereocenters. The second-order valence-electron chi connectivity index (χ2n) is 7.17. The quantitative estimate of drug-likeness (QED) is 0.689. The number of carboxylic acids is 1. The van der Waals surface area contributed by atoms with Crippen LogP contribution in [0, 0.1) is 11.8 Å². The first kappa shape index (κ1) is 19.4. The molecule has 0 fully saturated rings. The molecular formula is C18H26N2O4S. The van der Waals surface area contributed by atoms with Crippen LogP contribution in [0.2, 0.25) is 0 Å². The fourth-order valence-corrected chi connectivity index (χ4v) is 4.31. The molecule has 2 amide bonds. The molecule has 138 valence electrons. The van der Waals surface area contributed by atoms with Gasteiger partial charge in [-0.3, -0.25) is 9.59 Å². The van der Waals surface area contributed by atoms with Crippen molar-refractivity contribution in [3.8, 4) is 0 Å². The largest absolute Gasteiger partial charge is 0.480 e. The van der Waals surface area contributed by atoms with Crippen molar-refractivity contribution in [3.05, 3.63) is 21.4 Å². The SMILES string of the molecule is CC(C)C[C@H](NC(=O)CNC(=O)c1csc2c1CCC(C)C2)C(=O)O. The zero-order valence-corrected chi connectivity index (χ0v) is 15.7. The molecule has 3 N–H and O–H groups in total. The molecular weight excluding hydrogens is 340 g/mol. The number of rotatable bonds is 7. The molecule has 1 heterocycles. The highest BCUT2D eigenvalue weighted by Crippen LogP contribution is 2.32. The van der Waals surface area contributed by atoms with E-state index < -0.39 is 17.9 Å². The number of fused-ring (bicyclic) bond motifs is 1. The van der Waals surface area contributed by atoms with E-state index in [0.717, 1.165) is 24.8 Å². The molecule has 0 saturated heterocycles. The van der Waals surface area contributed by atoms with Crippen molar-refractivity contribution < 1.29 is 19.5 Å². The lowest BCUT2D eigenvalue weighted by molar-refractivity contribution is -0.142. The number of hydrogen-bond acceptors (Lipinski definition) is 4. The summed E-state index contributed by atoms with van der Waals surface area (Å²) in [6.07, 6.45) is 3.32. The van der Waals surface area contributed by atoms with Crippen molar-refractivity contribution in [2.24, 2.45) is 11.8 Å². The molecule has 2 rings (SSSR count). The summed E-state index contributed by atoms with van der Waals surface area (Å²) in [6.45, 7) is 5.78. The zero-order chi connectivity index (χ0) is 18.6. The molecule has 0 bridgehead atoms. The van der Waals surface area contributed by atoms with Gasteiger partial charge in [0.15, 0.2) is 0 Å². The summed E-state index contributed by atoms with van der Waals surface area (Å²) in [5.74, 6) is -1.02. The third kappa shape index (κ3) is 5.29. The molecule has 1 aromatic rings. The molecule has 0 aromatic carbocycles. The average molecular weight is 366 g/mol. The lowest BCUT2D eigenvalue weighted by Crippen LogP contribution is -2.46. The van der Waals surface area contributed by atoms with Gasteiger partial charge in [0.25, 0.3) is 5.91 Å². The molecule has 1 aliphatic carbocycles. The highest BCUT2D eigenvalue weighted by molar-refractivity contribution is 7.10. The van der Waals surface area contributed by atoms with Gasteiger partial charge in [-0.15, -0.1) is 11.3 Å². The Morgan fingerprint density at radius 1 is 1.36 bits per heavy atom. The number of amides is 2. The number of carboxylic acid groups (broad SMARTS) is 1. The predicted molar refractivity (Wildman–Crippen MR) is 96.9 cm³/mol. The van der Waals surface area contributed by atoms with E-state index in [4.69, 9.17) is 5.11 Å². The van der Waals surface area contributed by atoms with E-state index in [-0.39, 0.29) is 18.4 Å². The summed E-state index contributed by atoms with van der Waals surface area (Å²) in [4.78, 5) is 36.8. The van der Waals surface area contributed by atoms with Crippen molar-refractivity contribution in [3.63, 3.8) is 0 Å². The third-order valence-electron chi connectivity index (χ3n) is 4.40. The molecule has 2 atom stereocenters. The lowest BCUT2D eigenvalue weighted by Gasteiger charge is -2.19. The monoisotopic (exact) mass is 366 g/mol. The summed E-state index contributed by atoms with van der Waals surface area (Å²) < 4.78 is 0. The van der Waals surface area contributed by atoms with Gasteiger partial charge < -0.3 is 15.7 Å². The molecule has 0 spiro atoms. The van der Waals surface area contributed by atoms with Crippen molar-refractivity contribution in [2.75, 3.05) is 6.54 Å². The van der Waals surface area contributed by atoms with Crippen LogP contribution in [-0.4, -0.2) is 35.5 Å². The van der Waals surface area contributed by atoms with Crippen LogP contribution in [0.5, 0.6) is 0 Å². The minimum Gasteiger partial charge on any atom is -0.480 e. The number of aliphatic carboxylic acids is 1. The second kappa shape index (κ2) is 8.47. The van der Waals surface area contributed by atoms with Gasteiger partial charge in [0, 0.05) is 10.3 Å². The summed E-state index contributed by atoms with van der Waals surface area (Å²) in [7, 11) is 0. The Morgan fingerprint density at radius 2 is 2.08 bits per heavy atom. The van der Waals surface area contributed by atoms with Crippen LogP contribution in [0.25, 0.3) is 0 Å². The average Bonchev–Trinajstić information content (AvgIpc) is 2.94. The summed E-state index contributed by atoms with van der Waals surface area (Å²) in [5, 5.41) is 16.1. The molecule has 7 heteroatoms. The van der Waals surface area contributed by atoms with Gasteiger partial charge in [-0.25, -0.2) is 4.79 Å². The molecule has 0 radical (unpaired) electrons. The van der Waals surface area contributed by atoms with Crippen LogP contribution >= 0.6 is 11.3 Å². The molecule has 1 aromatic heterocycles. The van der Waals surface area contributed by atoms with E-state index >= 15 is 0 Å². The fraction of sp³-hybridized carbons (Fsp3) is 0.611. The maximum absolute atomic E-state index is 12.4. The number of nitrogens with one attached hydrogen (secondary N) is 2. The third-order valence-corrected chi connectivity index (χ3v) is 5.45. The smallest absolute Gasteiger partial charge is 0.326 e. The van der Waals surface area contributed by atoms with Gasteiger partial charge >= 0.3 is 5.97 Å². The maximum atomic E-state index is 12.4. The second-order valence-corrected chi connectivity index (χ2v) is 8.13. The fourth-order valence-electron chi connectivity index (χ4n) is 3.06. The predicted octanol–water partition coefficient (Wildman–Crippen LogP) is 2.22. The Balaban J connectivity index is 1.89. The van der Waals surface area contributed by atoms with Gasteiger partial charge in [0.1, 0.15) is 6.04 Å². The summed E-state index contributed by atoms with van der Waals surface area (Å²) in [6, 6.07) is -0.931. The van der Waals surface area contributed by atoms with Crippen LogP contribution in [0.4, 0.5) is 0 Å². The Hall–Kier alpha value is -1.89. The maximum Gasteiger partial charge on any atom is 0.326 e. The van der Waals surface area contributed by atoms with Gasteiger partial charge in [0.05, 0.1) is 12.1 Å². The standard InChI is InChI=1S/C18H26N2O4S/c1-10(2)6-14(18(23)24)20-16(21)8-19-17(22)13-9-25-15-7-11(3)4-5-12(13)15/h9-11,14H,4-8H2,1-3H3,(H,19,22)(H,20,21)(H,23,24)/t11?,14-/m0/s1. The van der Waals surface area contributed by atoms with E-state index in [0.29, 0.717) is 17.9 Å².